The van der Waals surface area contributed by atoms with Gasteiger partial charge in [-0.25, -0.2) is 9.38 Å². The number of nitrogens with zero attached hydrogens (tertiary/aromatic N) is 2. The first-order valence-electron chi connectivity index (χ1n) is 8.94. The molecule has 1 aromatic rings. The first-order chi connectivity index (χ1) is 12.2. The van der Waals surface area contributed by atoms with Crippen LogP contribution in [0.15, 0.2) is 23.2 Å². The summed E-state index contributed by atoms with van der Waals surface area (Å²) >= 11 is 0. The molecule has 0 bridgehead atoms. The van der Waals surface area contributed by atoms with Crippen LogP contribution >= 0.6 is 0 Å². The van der Waals surface area contributed by atoms with E-state index in [0.717, 1.165) is 31.7 Å². The maximum Gasteiger partial charge on any atom is 0.237 e. The molecule has 1 atom stereocenters. The number of carbonyl (C=O) groups excluding carboxylic acids is 1. The molecule has 142 valence electrons. The van der Waals surface area contributed by atoms with Gasteiger partial charge in [-0.15, -0.1) is 0 Å². The van der Waals surface area contributed by atoms with E-state index in [9.17, 15) is 9.18 Å². The monoisotopic (exact) mass is 362 g/mol. The molecule has 0 aromatic heterocycles. The van der Waals surface area contributed by atoms with Gasteiger partial charge < -0.3 is 15.8 Å². The topological polar surface area (TPSA) is 80.0 Å². The van der Waals surface area contributed by atoms with Gasteiger partial charge in [-0.05, 0) is 51.8 Å². The molecule has 1 unspecified atom stereocenters. The van der Waals surface area contributed by atoms with Gasteiger partial charge in [0.1, 0.15) is 11.4 Å². The number of anilines is 1. The standard InChI is InChI=1S/C19H27FN4O2/c1-18(2)16(25)24(4)17(21)23-19(18,3)14-11-13(5-6-15(14)20)22-12-7-9-26-10-8-12/h5-6,11-12,22H,7-10H2,1-4H3,(H2,21,23). The van der Waals surface area contributed by atoms with Gasteiger partial charge in [0.2, 0.25) is 5.91 Å². The van der Waals surface area contributed by atoms with Gasteiger partial charge in [0.05, 0.1) is 5.41 Å². The molecule has 7 heteroatoms. The summed E-state index contributed by atoms with van der Waals surface area (Å²) in [6.45, 7) is 6.76. The molecule has 3 N–H and O–H groups in total. The number of carbonyl (C=O) groups is 1. The number of nitrogens with one attached hydrogen (secondary N) is 1. The Labute approximate surface area is 153 Å². The average Bonchev–Trinajstić information content (AvgIpc) is 2.61. The second-order valence-corrected chi connectivity index (χ2v) is 7.76. The van der Waals surface area contributed by atoms with Crippen molar-refractivity contribution < 1.29 is 13.9 Å². The largest absolute Gasteiger partial charge is 0.382 e. The summed E-state index contributed by atoms with van der Waals surface area (Å²) in [5.41, 5.74) is 5.08. The summed E-state index contributed by atoms with van der Waals surface area (Å²) in [5, 5.41) is 3.44. The van der Waals surface area contributed by atoms with Crippen LogP contribution in [-0.2, 0) is 15.1 Å². The minimum Gasteiger partial charge on any atom is -0.382 e. The van der Waals surface area contributed by atoms with Crippen molar-refractivity contribution in [2.45, 2.75) is 45.2 Å². The lowest BCUT2D eigenvalue weighted by Gasteiger charge is -2.46. The molecule has 0 spiro atoms. The van der Waals surface area contributed by atoms with Crippen molar-refractivity contribution in [2.75, 3.05) is 25.6 Å². The van der Waals surface area contributed by atoms with E-state index < -0.39 is 16.8 Å². The third-order valence-corrected chi connectivity index (χ3v) is 5.82. The number of hydrogen-bond donors (Lipinski definition) is 2. The lowest BCUT2D eigenvalue weighted by Crippen LogP contribution is -2.58. The highest BCUT2D eigenvalue weighted by Gasteiger charge is 2.53. The molecule has 0 radical (unpaired) electrons. The Balaban J connectivity index is 2.01. The van der Waals surface area contributed by atoms with Gasteiger partial charge in [0, 0.05) is 37.6 Å². The van der Waals surface area contributed by atoms with E-state index >= 15 is 0 Å². The zero-order valence-corrected chi connectivity index (χ0v) is 15.8. The van der Waals surface area contributed by atoms with E-state index in [1.165, 1.54) is 11.0 Å². The van der Waals surface area contributed by atoms with E-state index in [1.54, 1.807) is 40.0 Å². The fourth-order valence-electron chi connectivity index (χ4n) is 3.64. The predicted molar refractivity (Wildman–Crippen MR) is 99.4 cm³/mol. The Hall–Kier alpha value is -2.15. The molecule has 1 saturated heterocycles. The molecule has 3 rings (SSSR count). The fourth-order valence-corrected chi connectivity index (χ4v) is 3.64. The van der Waals surface area contributed by atoms with Gasteiger partial charge in [0.25, 0.3) is 0 Å². The molecule has 1 fully saturated rings. The van der Waals surface area contributed by atoms with E-state index in [4.69, 9.17) is 10.5 Å². The minimum absolute atomic E-state index is 0.0963. The molecule has 0 saturated carbocycles. The Morgan fingerprint density at radius 2 is 1.96 bits per heavy atom. The predicted octanol–water partition coefficient (Wildman–Crippen LogP) is 2.44. The highest BCUT2D eigenvalue weighted by atomic mass is 19.1. The SMILES string of the molecule is CN1C(=O)C(C)(C)C(C)(c2cc(NC3CCOCC3)ccc2F)N=C1N. The number of halogens is 1. The van der Waals surface area contributed by atoms with Crippen LogP contribution in [-0.4, -0.2) is 43.1 Å². The summed E-state index contributed by atoms with van der Waals surface area (Å²) in [7, 11) is 1.59. The third kappa shape index (κ3) is 2.94. The Morgan fingerprint density at radius 3 is 2.62 bits per heavy atom. The van der Waals surface area contributed by atoms with Crippen LogP contribution in [0.3, 0.4) is 0 Å². The van der Waals surface area contributed by atoms with Crippen LogP contribution in [0.2, 0.25) is 0 Å². The third-order valence-electron chi connectivity index (χ3n) is 5.82. The number of ether oxygens (including phenoxy) is 1. The molecule has 0 aliphatic carbocycles. The van der Waals surface area contributed by atoms with Crippen LogP contribution in [0, 0.1) is 11.2 Å². The molecule has 26 heavy (non-hydrogen) atoms. The van der Waals surface area contributed by atoms with Crippen molar-refractivity contribution in [3.63, 3.8) is 0 Å². The van der Waals surface area contributed by atoms with Crippen LogP contribution in [0.5, 0.6) is 0 Å². The first kappa shape index (κ1) is 18.6. The Kier molecular flexibility index (Phi) is 4.69. The summed E-state index contributed by atoms with van der Waals surface area (Å²) in [6, 6.07) is 5.18. The summed E-state index contributed by atoms with van der Waals surface area (Å²) in [4.78, 5) is 18.6. The number of nitrogens with two attached hydrogens (primary N) is 1. The number of aliphatic imine (C=N–C) groups is 1. The quantitative estimate of drug-likeness (QED) is 0.866. The van der Waals surface area contributed by atoms with Crippen molar-refractivity contribution in [1.82, 2.24) is 4.90 Å². The normalized spacial score (nSPS) is 26.6. The second-order valence-electron chi connectivity index (χ2n) is 7.76. The van der Waals surface area contributed by atoms with Crippen molar-refractivity contribution >= 4 is 17.6 Å². The molecule has 1 aromatic carbocycles. The molecular formula is C19H27FN4O2. The summed E-state index contributed by atoms with van der Waals surface area (Å²) in [6.07, 6.45) is 1.81. The Bertz CT molecular complexity index is 743. The van der Waals surface area contributed by atoms with E-state index in [0.29, 0.717) is 5.56 Å². The van der Waals surface area contributed by atoms with Gasteiger partial charge in [-0.1, -0.05) is 0 Å². The van der Waals surface area contributed by atoms with Crippen molar-refractivity contribution in [1.29, 1.82) is 0 Å². The zero-order valence-electron chi connectivity index (χ0n) is 15.8. The highest BCUT2D eigenvalue weighted by molar-refractivity contribution is 6.01. The van der Waals surface area contributed by atoms with Crippen LogP contribution in [0.1, 0.15) is 39.2 Å². The van der Waals surface area contributed by atoms with E-state index in [2.05, 4.69) is 10.3 Å². The minimum atomic E-state index is -1.10. The van der Waals surface area contributed by atoms with Crippen LogP contribution < -0.4 is 11.1 Å². The second kappa shape index (κ2) is 6.54. The maximum absolute atomic E-state index is 14.8. The van der Waals surface area contributed by atoms with Crippen molar-refractivity contribution in [3.8, 4) is 0 Å². The lowest BCUT2D eigenvalue weighted by atomic mass is 9.67. The molecular weight excluding hydrogens is 335 g/mol. The maximum atomic E-state index is 14.8. The smallest absolute Gasteiger partial charge is 0.237 e. The van der Waals surface area contributed by atoms with Gasteiger partial charge in [0.15, 0.2) is 5.96 Å². The van der Waals surface area contributed by atoms with Crippen molar-refractivity contribution in [3.05, 3.63) is 29.6 Å². The van der Waals surface area contributed by atoms with E-state index in [-0.39, 0.29) is 17.9 Å². The summed E-state index contributed by atoms with van der Waals surface area (Å²) < 4.78 is 20.2. The van der Waals surface area contributed by atoms with Gasteiger partial charge >= 0.3 is 0 Å². The molecule has 2 aliphatic rings. The van der Waals surface area contributed by atoms with Gasteiger partial charge in [-0.2, -0.15) is 0 Å². The number of amides is 1. The van der Waals surface area contributed by atoms with Crippen molar-refractivity contribution in [2.24, 2.45) is 16.1 Å². The molecule has 1 amide bonds. The van der Waals surface area contributed by atoms with Crippen LogP contribution in [0.25, 0.3) is 0 Å². The lowest BCUT2D eigenvalue weighted by molar-refractivity contribution is -0.140. The number of benzene rings is 1. The van der Waals surface area contributed by atoms with Gasteiger partial charge in [-0.3, -0.25) is 9.69 Å². The van der Waals surface area contributed by atoms with Crippen LogP contribution in [0.4, 0.5) is 10.1 Å². The highest BCUT2D eigenvalue weighted by Crippen LogP contribution is 2.47. The number of rotatable bonds is 3. The summed E-state index contributed by atoms with van der Waals surface area (Å²) in [5.74, 6) is -0.485. The van der Waals surface area contributed by atoms with E-state index in [1.807, 2.05) is 0 Å². The molecule has 2 aliphatic heterocycles. The average molecular weight is 362 g/mol. The molecule has 6 nitrogen and oxygen atoms in total. The first-order valence-corrected chi connectivity index (χ1v) is 8.94. The zero-order chi connectivity index (χ0) is 19.1. The number of guanidine groups is 1. The number of hydrogen-bond acceptors (Lipinski definition) is 5. The molecule has 2 heterocycles. The Morgan fingerprint density at radius 1 is 1.31 bits per heavy atom. The fraction of sp³-hybridized carbons (Fsp3) is 0.579.